The van der Waals surface area contributed by atoms with Crippen LogP contribution in [0.1, 0.15) is 51.3 Å². The minimum Gasteiger partial charge on any atom is -0.459 e. The number of ether oxygens (including phenoxy) is 2. The molecule has 0 fully saturated rings. The quantitative estimate of drug-likeness (QED) is 0.0988. The number of alkyl carbamates (subject to hydrolysis) is 1. The van der Waals surface area contributed by atoms with Crippen LogP contribution in [0.4, 0.5) is 4.79 Å². The Bertz CT molecular complexity index is 2050. The molecular weight excluding hydrogens is 661 g/mol. The average Bonchev–Trinajstić information content (AvgIpc) is 3.53. The van der Waals surface area contributed by atoms with Crippen molar-refractivity contribution >= 4 is 18.0 Å². The van der Waals surface area contributed by atoms with E-state index in [-0.39, 0.29) is 19.1 Å². The number of benzene rings is 6. The van der Waals surface area contributed by atoms with Crippen molar-refractivity contribution in [1.82, 2.24) is 10.6 Å². The second kappa shape index (κ2) is 15.8. The number of aryl methyl sites for hydroxylation is 1. The summed E-state index contributed by atoms with van der Waals surface area (Å²) in [4.78, 5) is 41.6. The summed E-state index contributed by atoms with van der Waals surface area (Å²) in [6.07, 6.45) is -1.22. The third-order valence-corrected chi connectivity index (χ3v) is 9.76. The molecule has 1 atom stereocenters. The molecule has 53 heavy (non-hydrogen) atoms. The summed E-state index contributed by atoms with van der Waals surface area (Å²) in [6.45, 7) is 2.00. The molecule has 0 bridgehead atoms. The summed E-state index contributed by atoms with van der Waals surface area (Å²) in [7, 11) is 0. The molecule has 6 aromatic rings. The van der Waals surface area contributed by atoms with Crippen LogP contribution in [0.25, 0.3) is 11.1 Å². The minimum atomic E-state index is -1.34. The van der Waals surface area contributed by atoms with Crippen LogP contribution in [0, 0.1) is 6.92 Å². The molecule has 0 spiro atoms. The van der Waals surface area contributed by atoms with Crippen LogP contribution in [0.15, 0.2) is 164 Å². The lowest BCUT2D eigenvalue weighted by molar-refractivity contribution is -0.149. The van der Waals surface area contributed by atoms with Gasteiger partial charge < -0.3 is 20.1 Å². The summed E-state index contributed by atoms with van der Waals surface area (Å²) < 4.78 is 11.5. The van der Waals surface area contributed by atoms with Gasteiger partial charge in [-0.15, -0.1) is 0 Å². The predicted octanol–water partition coefficient (Wildman–Crippen LogP) is 8.44. The lowest BCUT2D eigenvalue weighted by Gasteiger charge is -2.37. The van der Waals surface area contributed by atoms with Gasteiger partial charge >= 0.3 is 12.1 Å². The highest BCUT2D eigenvalue weighted by Crippen LogP contribution is 2.44. The first kappa shape index (κ1) is 35.0. The predicted molar refractivity (Wildman–Crippen MR) is 205 cm³/mol. The zero-order valence-corrected chi connectivity index (χ0v) is 29.4. The molecule has 0 aliphatic heterocycles. The molecule has 1 aliphatic carbocycles. The van der Waals surface area contributed by atoms with E-state index >= 15 is 0 Å². The van der Waals surface area contributed by atoms with Crippen LogP contribution in [-0.4, -0.2) is 30.6 Å². The highest BCUT2D eigenvalue weighted by Gasteiger charge is 2.39. The first-order valence-corrected chi connectivity index (χ1v) is 17.7. The lowest BCUT2D eigenvalue weighted by Crippen LogP contribution is -2.51. The van der Waals surface area contributed by atoms with E-state index in [1.54, 1.807) is 0 Å². The van der Waals surface area contributed by atoms with E-state index in [1.165, 1.54) is 0 Å². The number of carbonyl (C=O) groups is 3. The Labute approximate surface area is 309 Å². The molecule has 6 aromatic carbocycles. The zero-order chi connectivity index (χ0) is 36.6. The van der Waals surface area contributed by atoms with Gasteiger partial charge in [-0.05, 0) is 51.4 Å². The average molecular weight is 701 g/mol. The van der Waals surface area contributed by atoms with E-state index < -0.39 is 36.0 Å². The smallest absolute Gasteiger partial charge is 0.407 e. The van der Waals surface area contributed by atoms with E-state index in [0.717, 1.165) is 50.1 Å². The molecule has 2 amide bonds. The van der Waals surface area contributed by atoms with Crippen LogP contribution in [0.5, 0.6) is 0 Å². The van der Waals surface area contributed by atoms with Crippen molar-refractivity contribution in [2.75, 3.05) is 6.61 Å². The molecule has 0 saturated heterocycles. The van der Waals surface area contributed by atoms with Gasteiger partial charge in [0.1, 0.15) is 24.8 Å². The Kier molecular flexibility index (Phi) is 10.4. The highest BCUT2D eigenvalue weighted by molar-refractivity contribution is 5.89. The van der Waals surface area contributed by atoms with E-state index in [0.29, 0.717) is 0 Å². The third-order valence-electron chi connectivity index (χ3n) is 9.76. The van der Waals surface area contributed by atoms with Gasteiger partial charge in [0, 0.05) is 5.92 Å². The monoisotopic (exact) mass is 700 g/mol. The fourth-order valence-electron chi connectivity index (χ4n) is 7.14. The maximum atomic E-state index is 14.3. The molecule has 0 heterocycles. The Hall–Kier alpha value is -6.47. The molecule has 7 heteroatoms. The van der Waals surface area contributed by atoms with E-state index in [1.807, 2.05) is 159 Å². The number of fused-ring (bicyclic) bond motifs is 3. The van der Waals surface area contributed by atoms with Gasteiger partial charge in [0.15, 0.2) is 0 Å². The minimum absolute atomic E-state index is 0.0222. The van der Waals surface area contributed by atoms with Gasteiger partial charge in [-0.25, -0.2) is 9.59 Å². The summed E-state index contributed by atoms with van der Waals surface area (Å²) in [6, 6.07) is 51.5. The standard InChI is InChI=1S/C46H40N2O5/c1-32-25-27-33(28-26-32)30-52-44(50)42(47-45(51)53-31-41-39-23-13-11-21-37(39)38-22-12-14-24-40(38)41)29-43(49)48-46(34-15-5-2-6-16-34,35-17-7-3-8-18-35)36-19-9-4-10-20-36/h2-28,41-42H,29-31H2,1H3,(H,47,51)(H,48,49)/t42-/m0/s1. The SMILES string of the molecule is Cc1ccc(COC(=O)[C@H](CC(=O)NC(c2ccccc2)(c2ccccc2)c2ccccc2)NC(=O)OCC2c3ccccc3-c3ccccc32)cc1. The maximum absolute atomic E-state index is 14.3. The highest BCUT2D eigenvalue weighted by atomic mass is 16.6. The fourth-order valence-corrected chi connectivity index (χ4v) is 7.14. The Morgan fingerprint density at radius 3 is 1.58 bits per heavy atom. The van der Waals surface area contributed by atoms with Crippen LogP contribution in [0.3, 0.4) is 0 Å². The van der Waals surface area contributed by atoms with E-state index in [2.05, 4.69) is 22.8 Å². The van der Waals surface area contributed by atoms with Gasteiger partial charge in [-0.3, -0.25) is 4.79 Å². The second-order valence-corrected chi connectivity index (χ2v) is 13.2. The molecule has 0 saturated carbocycles. The molecule has 0 unspecified atom stereocenters. The molecular formula is C46H40N2O5. The lowest BCUT2D eigenvalue weighted by atomic mass is 9.77. The van der Waals surface area contributed by atoms with Crippen LogP contribution < -0.4 is 10.6 Å². The normalized spacial score (nSPS) is 12.5. The Balaban J connectivity index is 1.14. The summed E-state index contributed by atoms with van der Waals surface area (Å²) in [5.41, 5.74) is 7.56. The zero-order valence-electron chi connectivity index (χ0n) is 29.4. The largest absolute Gasteiger partial charge is 0.459 e. The van der Waals surface area contributed by atoms with Gasteiger partial charge in [-0.2, -0.15) is 0 Å². The van der Waals surface area contributed by atoms with Crippen molar-refractivity contribution < 1.29 is 23.9 Å². The number of hydrogen-bond acceptors (Lipinski definition) is 5. The Morgan fingerprint density at radius 2 is 1.08 bits per heavy atom. The van der Waals surface area contributed by atoms with E-state index in [9.17, 15) is 14.4 Å². The summed E-state index contributed by atoms with van der Waals surface area (Å²) >= 11 is 0. The Morgan fingerprint density at radius 1 is 0.604 bits per heavy atom. The van der Waals surface area contributed by atoms with Gasteiger partial charge in [0.2, 0.25) is 5.91 Å². The number of amides is 2. The fraction of sp³-hybridized carbons (Fsp3) is 0.152. The van der Waals surface area contributed by atoms with Crippen LogP contribution in [-0.2, 0) is 31.2 Å². The number of carbonyl (C=O) groups excluding carboxylic acids is 3. The van der Waals surface area contributed by atoms with Gasteiger partial charge in [0.25, 0.3) is 0 Å². The molecule has 7 rings (SSSR count). The molecule has 7 nitrogen and oxygen atoms in total. The molecule has 0 radical (unpaired) electrons. The van der Waals surface area contributed by atoms with Gasteiger partial charge in [-0.1, -0.05) is 169 Å². The van der Waals surface area contributed by atoms with Crippen molar-refractivity contribution in [3.05, 3.63) is 203 Å². The first-order valence-electron chi connectivity index (χ1n) is 17.7. The topological polar surface area (TPSA) is 93.7 Å². The molecule has 264 valence electrons. The van der Waals surface area contributed by atoms with Crippen molar-refractivity contribution in [2.24, 2.45) is 0 Å². The van der Waals surface area contributed by atoms with Crippen molar-refractivity contribution in [3.8, 4) is 11.1 Å². The first-order chi connectivity index (χ1) is 25.9. The molecule has 0 aromatic heterocycles. The third kappa shape index (κ3) is 7.60. The number of rotatable bonds is 12. The molecule has 2 N–H and O–H groups in total. The van der Waals surface area contributed by atoms with E-state index in [4.69, 9.17) is 9.47 Å². The van der Waals surface area contributed by atoms with Crippen LogP contribution in [0.2, 0.25) is 0 Å². The summed E-state index contributed by atoms with van der Waals surface area (Å²) in [5.74, 6) is -1.40. The van der Waals surface area contributed by atoms with Crippen LogP contribution >= 0.6 is 0 Å². The van der Waals surface area contributed by atoms with Crippen molar-refractivity contribution in [2.45, 2.75) is 37.5 Å². The second-order valence-electron chi connectivity index (χ2n) is 13.2. The number of hydrogen-bond donors (Lipinski definition) is 2. The van der Waals surface area contributed by atoms with Crippen molar-refractivity contribution in [1.29, 1.82) is 0 Å². The maximum Gasteiger partial charge on any atom is 0.407 e. The molecule has 1 aliphatic rings. The van der Waals surface area contributed by atoms with Gasteiger partial charge in [0.05, 0.1) is 6.42 Å². The number of esters is 1. The summed E-state index contributed by atoms with van der Waals surface area (Å²) in [5, 5.41) is 5.95. The van der Waals surface area contributed by atoms with Crippen molar-refractivity contribution in [3.63, 3.8) is 0 Å². The number of nitrogens with one attached hydrogen (secondary N) is 2.